The number of rotatable bonds is 6. The summed E-state index contributed by atoms with van der Waals surface area (Å²) in [6, 6.07) is 5.77. The Balaban J connectivity index is 0.00000324. The van der Waals surface area contributed by atoms with Gasteiger partial charge in [-0.15, -0.1) is 12.4 Å². The molecule has 1 aromatic carbocycles. The molecule has 1 atom stereocenters. The van der Waals surface area contributed by atoms with Gasteiger partial charge in [0.2, 0.25) is 5.91 Å². The van der Waals surface area contributed by atoms with Crippen LogP contribution in [0.1, 0.15) is 19.8 Å². The van der Waals surface area contributed by atoms with Gasteiger partial charge in [-0.3, -0.25) is 4.79 Å². The Bertz CT molecular complexity index is 407. The van der Waals surface area contributed by atoms with E-state index in [1.165, 1.54) is 6.07 Å². The summed E-state index contributed by atoms with van der Waals surface area (Å²) in [7, 11) is 0. The zero-order valence-electron chi connectivity index (χ0n) is 10.4. The predicted octanol–water partition coefficient (Wildman–Crippen LogP) is 3.49. The summed E-state index contributed by atoms with van der Waals surface area (Å²) in [6.07, 6.45) is 1.41. The van der Waals surface area contributed by atoms with Crippen LogP contribution in [-0.4, -0.2) is 17.7 Å². The van der Waals surface area contributed by atoms with E-state index in [1.807, 2.05) is 6.92 Å². The Labute approximate surface area is 121 Å². The molecule has 0 aliphatic rings. The highest BCUT2D eigenvalue weighted by atomic mass is 35.5. The number of carbonyl (C=O) groups excluding carboxylic acids is 1. The van der Waals surface area contributed by atoms with Crippen molar-refractivity contribution < 1.29 is 13.6 Å². The molecular formula is C12H17ClF2N2OS. The predicted molar refractivity (Wildman–Crippen MR) is 77.1 cm³/mol. The number of benzene rings is 1. The lowest BCUT2D eigenvalue weighted by molar-refractivity contribution is -0.117. The topological polar surface area (TPSA) is 55.1 Å². The minimum absolute atomic E-state index is 0. The van der Waals surface area contributed by atoms with Crippen LogP contribution in [0.5, 0.6) is 0 Å². The van der Waals surface area contributed by atoms with E-state index in [0.29, 0.717) is 28.8 Å². The van der Waals surface area contributed by atoms with Crippen molar-refractivity contribution in [3.8, 4) is 0 Å². The smallest absolute Gasteiger partial charge is 0.288 e. The SMILES string of the molecule is CCCC(N)C(=O)Nc1cccc(SC(F)F)c1.Cl. The number of halogens is 3. The molecule has 0 saturated heterocycles. The van der Waals surface area contributed by atoms with Crippen LogP contribution in [0, 0.1) is 0 Å². The van der Waals surface area contributed by atoms with E-state index in [1.54, 1.807) is 18.2 Å². The maximum atomic E-state index is 12.2. The minimum Gasteiger partial charge on any atom is -0.325 e. The van der Waals surface area contributed by atoms with Crippen molar-refractivity contribution in [3.05, 3.63) is 24.3 Å². The van der Waals surface area contributed by atoms with Gasteiger partial charge in [-0.25, -0.2) is 0 Å². The van der Waals surface area contributed by atoms with Gasteiger partial charge in [-0.2, -0.15) is 8.78 Å². The highest BCUT2D eigenvalue weighted by molar-refractivity contribution is 7.99. The molecule has 0 heterocycles. The summed E-state index contributed by atoms with van der Waals surface area (Å²) in [5.74, 6) is -2.77. The second kappa shape index (κ2) is 9.12. The molecule has 0 spiro atoms. The van der Waals surface area contributed by atoms with Crippen LogP contribution in [0.25, 0.3) is 0 Å². The van der Waals surface area contributed by atoms with E-state index >= 15 is 0 Å². The fraction of sp³-hybridized carbons (Fsp3) is 0.417. The van der Waals surface area contributed by atoms with Crippen molar-refractivity contribution in [2.24, 2.45) is 5.73 Å². The number of nitrogens with two attached hydrogens (primary N) is 1. The van der Waals surface area contributed by atoms with Crippen LogP contribution >= 0.6 is 24.2 Å². The molecule has 0 aliphatic heterocycles. The number of amides is 1. The van der Waals surface area contributed by atoms with E-state index in [2.05, 4.69) is 5.32 Å². The highest BCUT2D eigenvalue weighted by Gasteiger charge is 2.13. The third kappa shape index (κ3) is 6.75. The first kappa shape index (κ1) is 18.1. The quantitative estimate of drug-likeness (QED) is 0.791. The second-order valence-electron chi connectivity index (χ2n) is 3.79. The van der Waals surface area contributed by atoms with Crippen LogP contribution < -0.4 is 11.1 Å². The molecule has 19 heavy (non-hydrogen) atoms. The van der Waals surface area contributed by atoms with Crippen molar-refractivity contribution in [2.45, 2.75) is 36.5 Å². The molecule has 1 rings (SSSR count). The molecule has 0 aliphatic carbocycles. The van der Waals surface area contributed by atoms with Gasteiger partial charge in [0.15, 0.2) is 0 Å². The Kier molecular flexibility index (Phi) is 8.71. The minimum atomic E-state index is -2.47. The maximum Gasteiger partial charge on any atom is 0.288 e. The summed E-state index contributed by atoms with van der Waals surface area (Å²) in [6.45, 7) is 1.94. The first-order chi connectivity index (χ1) is 8.52. The van der Waals surface area contributed by atoms with Crippen LogP contribution in [0.2, 0.25) is 0 Å². The first-order valence-electron chi connectivity index (χ1n) is 5.64. The third-order valence-electron chi connectivity index (χ3n) is 2.26. The molecule has 0 fully saturated rings. The number of hydrogen-bond donors (Lipinski definition) is 2. The lowest BCUT2D eigenvalue weighted by Crippen LogP contribution is -2.35. The van der Waals surface area contributed by atoms with Crippen LogP contribution in [0.3, 0.4) is 0 Å². The van der Waals surface area contributed by atoms with Gasteiger partial charge in [-0.1, -0.05) is 31.2 Å². The van der Waals surface area contributed by atoms with Gasteiger partial charge in [-0.05, 0) is 24.6 Å². The normalized spacial score (nSPS) is 11.8. The van der Waals surface area contributed by atoms with Gasteiger partial charge < -0.3 is 11.1 Å². The molecule has 0 radical (unpaired) electrons. The van der Waals surface area contributed by atoms with Gasteiger partial charge in [0.25, 0.3) is 5.76 Å². The van der Waals surface area contributed by atoms with E-state index in [-0.39, 0.29) is 18.3 Å². The van der Waals surface area contributed by atoms with Gasteiger partial charge in [0, 0.05) is 10.6 Å². The summed E-state index contributed by atoms with van der Waals surface area (Å²) in [5.41, 5.74) is 6.14. The summed E-state index contributed by atoms with van der Waals surface area (Å²) in [5, 5.41) is 2.62. The Morgan fingerprint density at radius 1 is 1.47 bits per heavy atom. The highest BCUT2D eigenvalue weighted by Crippen LogP contribution is 2.27. The lowest BCUT2D eigenvalue weighted by atomic mass is 10.1. The zero-order valence-corrected chi connectivity index (χ0v) is 12.1. The molecule has 1 amide bonds. The van der Waals surface area contributed by atoms with Crippen LogP contribution in [0.15, 0.2) is 29.2 Å². The van der Waals surface area contributed by atoms with Crippen molar-refractivity contribution in [3.63, 3.8) is 0 Å². The maximum absolute atomic E-state index is 12.2. The lowest BCUT2D eigenvalue weighted by Gasteiger charge is -2.11. The third-order valence-corrected chi connectivity index (χ3v) is 2.97. The van der Waals surface area contributed by atoms with E-state index < -0.39 is 11.8 Å². The fourth-order valence-electron chi connectivity index (χ4n) is 1.43. The average molecular weight is 311 g/mol. The van der Waals surface area contributed by atoms with Gasteiger partial charge >= 0.3 is 0 Å². The van der Waals surface area contributed by atoms with Crippen LogP contribution in [-0.2, 0) is 4.79 Å². The molecule has 3 nitrogen and oxygen atoms in total. The second-order valence-corrected chi connectivity index (χ2v) is 4.85. The Hall–Kier alpha value is -0.850. The molecular weight excluding hydrogens is 294 g/mol. The molecule has 7 heteroatoms. The van der Waals surface area contributed by atoms with E-state index in [0.717, 1.165) is 6.42 Å². The number of carbonyl (C=O) groups is 1. The largest absolute Gasteiger partial charge is 0.325 e. The van der Waals surface area contributed by atoms with Crippen molar-refractivity contribution in [1.82, 2.24) is 0 Å². The van der Waals surface area contributed by atoms with Crippen LogP contribution in [0.4, 0.5) is 14.5 Å². The monoisotopic (exact) mass is 310 g/mol. The first-order valence-corrected chi connectivity index (χ1v) is 6.52. The number of hydrogen-bond acceptors (Lipinski definition) is 3. The molecule has 0 aromatic heterocycles. The molecule has 108 valence electrons. The summed E-state index contributed by atoms with van der Waals surface area (Å²) < 4.78 is 24.4. The zero-order chi connectivity index (χ0) is 13.5. The molecule has 1 aromatic rings. The van der Waals surface area contributed by atoms with Crippen molar-refractivity contribution in [2.75, 3.05) is 5.32 Å². The number of anilines is 1. The average Bonchev–Trinajstić information content (AvgIpc) is 2.28. The number of thioether (sulfide) groups is 1. The van der Waals surface area contributed by atoms with E-state index in [9.17, 15) is 13.6 Å². The Morgan fingerprint density at radius 3 is 2.74 bits per heavy atom. The summed E-state index contributed by atoms with van der Waals surface area (Å²) >= 11 is 0.442. The molecule has 0 saturated carbocycles. The molecule has 0 bridgehead atoms. The fourth-order valence-corrected chi connectivity index (χ4v) is 1.98. The number of alkyl halides is 2. The number of nitrogens with one attached hydrogen (secondary N) is 1. The van der Waals surface area contributed by atoms with Gasteiger partial charge in [0.1, 0.15) is 0 Å². The molecule has 1 unspecified atom stereocenters. The van der Waals surface area contributed by atoms with Crippen molar-refractivity contribution in [1.29, 1.82) is 0 Å². The molecule has 3 N–H and O–H groups in total. The standard InChI is InChI=1S/C12H16F2N2OS.ClH/c1-2-4-10(15)11(17)16-8-5-3-6-9(7-8)18-12(13)14;/h3,5-7,10,12H,2,4,15H2,1H3,(H,16,17);1H. The van der Waals surface area contributed by atoms with Gasteiger partial charge in [0.05, 0.1) is 6.04 Å². The Morgan fingerprint density at radius 2 is 2.16 bits per heavy atom. The van der Waals surface area contributed by atoms with Crippen molar-refractivity contribution >= 4 is 35.8 Å². The summed E-state index contributed by atoms with van der Waals surface area (Å²) in [4.78, 5) is 12.1. The van der Waals surface area contributed by atoms with E-state index in [4.69, 9.17) is 5.73 Å².